The molecule has 1 amide bonds. The second-order valence-corrected chi connectivity index (χ2v) is 5.95. The molecule has 26 heavy (non-hydrogen) atoms. The highest BCUT2D eigenvalue weighted by atomic mass is 16.5. The predicted octanol–water partition coefficient (Wildman–Crippen LogP) is 2.36. The van der Waals surface area contributed by atoms with E-state index in [1.165, 1.54) is 0 Å². The van der Waals surface area contributed by atoms with Crippen molar-refractivity contribution in [1.82, 2.24) is 14.8 Å². The summed E-state index contributed by atoms with van der Waals surface area (Å²) >= 11 is 0. The van der Waals surface area contributed by atoms with Gasteiger partial charge in [0.2, 0.25) is 0 Å². The third kappa shape index (κ3) is 3.57. The first-order valence-corrected chi connectivity index (χ1v) is 8.50. The van der Waals surface area contributed by atoms with E-state index >= 15 is 0 Å². The number of anilines is 2. The van der Waals surface area contributed by atoms with Crippen LogP contribution in [0.3, 0.4) is 0 Å². The lowest BCUT2D eigenvalue weighted by molar-refractivity contribution is 0.102. The number of morpholine rings is 1. The fraction of sp³-hybridized carbons (Fsp3) is 0.211. The normalized spacial score (nSPS) is 14.2. The Hall–Kier alpha value is -3.19. The molecule has 0 unspecified atom stereocenters. The molecule has 0 spiro atoms. The molecule has 7 heteroatoms. The fourth-order valence-corrected chi connectivity index (χ4v) is 2.84. The number of amides is 1. The molecule has 7 nitrogen and oxygen atoms in total. The third-order valence-electron chi connectivity index (χ3n) is 4.26. The molecule has 1 N–H and O–H groups in total. The monoisotopic (exact) mass is 349 g/mol. The van der Waals surface area contributed by atoms with E-state index in [-0.39, 0.29) is 5.91 Å². The summed E-state index contributed by atoms with van der Waals surface area (Å²) in [6.45, 7) is 3.17. The van der Waals surface area contributed by atoms with Crippen LogP contribution in [-0.4, -0.2) is 47.0 Å². The maximum atomic E-state index is 12.4. The van der Waals surface area contributed by atoms with E-state index in [0.29, 0.717) is 11.4 Å². The van der Waals surface area contributed by atoms with Crippen molar-refractivity contribution in [3.63, 3.8) is 0 Å². The third-order valence-corrected chi connectivity index (χ3v) is 4.26. The smallest absolute Gasteiger partial charge is 0.256 e. The molecule has 132 valence electrons. The summed E-state index contributed by atoms with van der Waals surface area (Å²) in [7, 11) is 0. The van der Waals surface area contributed by atoms with Gasteiger partial charge in [-0.25, -0.2) is 9.67 Å². The number of ether oxygens (including phenoxy) is 1. The van der Waals surface area contributed by atoms with Crippen LogP contribution in [-0.2, 0) is 4.74 Å². The van der Waals surface area contributed by atoms with Gasteiger partial charge in [0.1, 0.15) is 5.82 Å². The first kappa shape index (κ1) is 16.3. The van der Waals surface area contributed by atoms with Crippen molar-refractivity contribution in [2.24, 2.45) is 0 Å². The summed E-state index contributed by atoms with van der Waals surface area (Å²) in [5.74, 6) is 0.340. The number of hydrogen-bond donors (Lipinski definition) is 1. The molecule has 2 aromatic heterocycles. The Morgan fingerprint density at radius 2 is 1.81 bits per heavy atom. The molecule has 1 aromatic carbocycles. The van der Waals surface area contributed by atoms with Gasteiger partial charge >= 0.3 is 0 Å². The summed E-state index contributed by atoms with van der Waals surface area (Å²) in [6.07, 6.45) is 5.35. The summed E-state index contributed by atoms with van der Waals surface area (Å²) in [6, 6.07) is 12.9. The van der Waals surface area contributed by atoms with Crippen molar-refractivity contribution in [2.45, 2.75) is 0 Å². The maximum Gasteiger partial charge on any atom is 0.256 e. The second-order valence-electron chi connectivity index (χ2n) is 5.95. The van der Waals surface area contributed by atoms with E-state index in [2.05, 4.69) is 20.3 Å². The number of nitrogens with zero attached hydrogens (tertiary/aromatic N) is 4. The SMILES string of the molecule is O=C(Nc1ccc(N2CCOCC2)cn1)c1ccc(-n2cccn2)cc1. The standard InChI is InChI=1S/C19H19N5O2/c25-19(15-2-4-16(5-3-15)24-9-1-8-21-24)22-18-7-6-17(14-20-18)23-10-12-26-13-11-23/h1-9,14H,10-13H2,(H,20,22,25). The molecule has 1 saturated heterocycles. The molecule has 0 aliphatic carbocycles. The molecule has 0 atom stereocenters. The van der Waals surface area contributed by atoms with Gasteiger partial charge in [-0.1, -0.05) is 0 Å². The molecule has 0 saturated carbocycles. The van der Waals surface area contributed by atoms with E-state index < -0.39 is 0 Å². The molecule has 3 aromatic rings. The second kappa shape index (κ2) is 7.37. The number of hydrogen-bond acceptors (Lipinski definition) is 5. The molecule has 0 bridgehead atoms. The predicted molar refractivity (Wildman–Crippen MR) is 98.8 cm³/mol. The zero-order valence-corrected chi connectivity index (χ0v) is 14.2. The van der Waals surface area contributed by atoms with Crippen LogP contribution in [0.15, 0.2) is 61.1 Å². The van der Waals surface area contributed by atoms with Crippen molar-refractivity contribution < 1.29 is 9.53 Å². The van der Waals surface area contributed by atoms with Crippen LogP contribution in [0.2, 0.25) is 0 Å². The zero-order valence-electron chi connectivity index (χ0n) is 14.2. The number of benzene rings is 1. The summed E-state index contributed by atoms with van der Waals surface area (Å²) < 4.78 is 7.10. The summed E-state index contributed by atoms with van der Waals surface area (Å²) in [5, 5.41) is 7.00. The van der Waals surface area contributed by atoms with E-state index in [1.807, 2.05) is 36.5 Å². The number of nitrogens with one attached hydrogen (secondary N) is 1. The number of aromatic nitrogens is 3. The highest BCUT2D eigenvalue weighted by molar-refractivity contribution is 6.03. The minimum atomic E-state index is -0.191. The Balaban J connectivity index is 1.41. The van der Waals surface area contributed by atoms with E-state index in [1.54, 1.807) is 29.2 Å². The summed E-state index contributed by atoms with van der Waals surface area (Å²) in [4.78, 5) is 19.0. The Kier molecular flexibility index (Phi) is 4.61. The van der Waals surface area contributed by atoms with Gasteiger partial charge in [-0.15, -0.1) is 0 Å². The Bertz CT molecular complexity index is 854. The van der Waals surface area contributed by atoms with Crippen LogP contribution in [0, 0.1) is 0 Å². The summed E-state index contributed by atoms with van der Waals surface area (Å²) in [5.41, 5.74) is 2.51. The lowest BCUT2D eigenvalue weighted by Crippen LogP contribution is -2.36. The van der Waals surface area contributed by atoms with Crippen molar-refractivity contribution in [3.8, 4) is 5.69 Å². The minimum Gasteiger partial charge on any atom is -0.378 e. The van der Waals surface area contributed by atoms with E-state index in [0.717, 1.165) is 37.7 Å². The molecule has 1 aliphatic rings. The number of carbonyl (C=O) groups excluding carboxylic acids is 1. The van der Waals surface area contributed by atoms with Crippen LogP contribution in [0.25, 0.3) is 5.69 Å². The molecule has 4 rings (SSSR count). The van der Waals surface area contributed by atoms with Crippen molar-refractivity contribution in [2.75, 3.05) is 36.5 Å². The Morgan fingerprint density at radius 3 is 2.46 bits per heavy atom. The van der Waals surface area contributed by atoms with Gasteiger partial charge < -0.3 is 15.0 Å². The zero-order chi connectivity index (χ0) is 17.8. The molecule has 1 aliphatic heterocycles. The van der Waals surface area contributed by atoms with E-state index in [9.17, 15) is 4.79 Å². The van der Waals surface area contributed by atoms with Crippen molar-refractivity contribution in [3.05, 3.63) is 66.6 Å². The van der Waals surface area contributed by atoms with Crippen LogP contribution >= 0.6 is 0 Å². The van der Waals surface area contributed by atoms with Crippen LogP contribution in [0.1, 0.15) is 10.4 Å². The molecular weight excluding hydrogens is 330 g/mol. The molecule has 1 fully saturated rings. The minimum absolute atomic E-state index is 0.191. The number of pyridine rings is 1. The number of rotatable bonds is 4. The lowest BCUT2D eigenvalue weighted by atomic mass is 10.2. The lowest BCUT2D eigenvalue weighted by Gasteiger charge is -2.28. The highest BCUT2D eigenvalue weighted by Crippen LogP contribution is 2.17. The maximum absolute atomic E-state index is 12.4. The number of carbonyl (C=O) groups is 1. The molecule has 0 radical (unpaired) electrons. The average molecular weight is 349 g/mol. The van der Waals surface area contributed by atoms with E-state index in [4.69, 9.17) is 4.74 Å². The van der Waals surface area contributed by atoms with Crippen LogP contribution < -0.4 is 10.2 Å². The van der Waals surface area contributed by atoms with Gasteiger partial charge in [0.15, 0.2) is 0 Å². The van der Waals surface area contributed by atoms with Gasteiger partial charge in [-0.05, 0) is 42.5 Å². The Labute approximate surface area is 151 Å². The highest BCUT2D eigenvalue weighted by Gasteiger charge is 2.12. The average Bonchev–Trinajstić information content (AvgIpc) is 3.24. The molecular formula is C19H19N5O2. The van der Waals surface area contributed by atoms with Gasteiger partial charge in [-0.2, -0.15) is 5.10 Å². The Morgan fingerprint density at radius 1 is 1.04 bits per heavy atom. The van der Waals surface area contributed by atoms with Crippen LogP contribution in [0.5, 0.6) is 0 Å². The van der Waals surface area contributed by atoms with Crippen molar-refractivity contribution >= 4 is 17.4 Å². The largest absolute Gasteiger partial charge is 0.378 e. The van der Waals surface area contributed by atoms with Crippen LogP contribution in [0.4, 0.5) is 11.5 Å². The van der Waals surface area contributed by atoms with Gasteiger partial charge in [0.25, 0.3) is 5.91 Å². The van der Waals surface area contributed by atoms with Gasteiger partial charge in [0, 0.05) is 31.0 Å². The topological polar surface area (TPSA) is 72.3 Å². The quantitative estimate of drug-likeness (QED) is 0.783. The van der Waals surface area contributed by atoms with Gasteiger partial charge in [-0.3, -0.25) is 4.79 Å². The first-order valence-electron chi connectivity index (χ1n) is 8.50. The van der Waals surface area contributed by atoms with Gasteiger partial charge in [0.05, 0.1) is 30.8 Å². The first-order chi connectivity index (χ1) is 12.8. The molecule has 3 heterocycles. The van der Waals surface area contributed by atoms with Crippen molar-refractivity contribution in [1.29, 1.82) is 0 Å². The fourth-order valence-electron chi connectivity index (χ4n) is 2.84.